The van der Waals surface area contributed by atoms with E-state index in [4.69, 9.17) is 11.6 Å². The average Bonchev–Trinajstić information content (AvgIpc) is 2.86. The van der Waals surface area contributed by atoms with Crippen molar-refractivity contribution >= 4 is 22.9 Å². The summed E-state index contributed by atoms with van der Waals surface area (Å²) in [4.78, 5) is 7.18. The van der Waals surface area contributed by atoms with Crippen molar-refractivity contribution in [3.63, 3.8) is 0 Å². The van der Waals surface area contributed by atoms with Crippen LogP contribution in [0.5, 0.6) is 0 Å². The normalized spacial score (nSPS) is 24.8. The van der Waals surface area contributed by atoms with Gasteiger partial charge in [-0.2, -0.15) is 0 Å². The fourth-order valence-electron chi connectivity index (χ4n) is 2.81. The summed E-state index contributed by atoms with van der Waals surface area (Å²) in [7, 11) is 0. The number of likely N-dealkylation sites (tertiary alicyclic amines) is 1. The zero-order valence-corrected chi connectivity index (χ0v) is 13.6. The van der Waals surface area contributed by atoms with Crippen LogP contribution >= 0.6 is 22.9 Å². The van der Waals surface area contributed by atoms with E-state index in [1.165, 1.54) is 43.8 Å². The molecule has 1 aromatic rings. The Labute approximate surface area is 126 Å². The summed E-state index contributed by atoms with van der Waals surface area (Å²) in [6, 6.07) is 0.777. The first-order valence-electron chi connectivity index (χ1n) is 7.42. The van der Waals surface area contributed by atoms with Crippen LogP contribution in [0.1, 0.15) is 50.2 Å². The Morgan fingerprint density at radius 1 is 1.37 bits per heavy atom. The smallest absolute Gasteiger partial charge is 0.0928 e. The van der Waals surface area contributed by atoms with Gasteiger partial charge in [-0.25, -0.2) is 4.98 Å². The van der Waals surface area contributed by atoms with Crippen LogP contribution in [-0.4, -0.2) is 29.0 Å². The van der Waals surface area contributed by atoms with Crippen LogP contribution in [0.25, 0.3) is 0 Å². The number of unbranched alkanes of at least 4 members (excludes halogenated alkanes) is 1. The van der Waals surface area contributed by atoms with Crippen molar-refractivity contribution in [1.29, 1.82) is 0 Å². The first-order valence-corrected chi connectivity index (χ1v) is 8.83. The molecule has 1 fully saturated rings. The zero-order valence-electron chi connectivity index (χ0n) is 12.1. The molecule has 2 nitrogen and oxygen atoms in total. The van der Waals surface area contributed by atoms with Gasteiger partial charge in [0.25, 0.3) is 0 Å². The van der Waals surface area contributed by atoms with Gasteiger partial charge >= 0.3 is 0 Å². The molecule has 0 amide bonds. The van der Waals surface area contributed by atoms with Gasteiger partial charge in [0.1, 0.15) is 0 Å². The number of hydrogen-bond donors (Lipinski definition) is 0. The van der Waals surface area contributed by atoms with E-state index in [0.717, 1.165) is 24.1 Å². The standard InChI is InChI=1S/C15H25ClN2S/c1-12-6-7-13(2)18(10-12)8-4-3-5-15-17-14(9-16)11-19-15/h11-13H,3-10H2,1-2H3. The second-order valence-electron chi connectivity index (χ2n) is 5.85. The Hall–Kier alpha value is -0.120. The Balaban J connectivity index is 1.65. The van der Waals surface area contributed by atoms with E-state index >= 15 is 0 Å². The quantitative estimate of drug-likeness (QED) is 0.574. The fourth-order valence-corrected chi connectivity index (χ4v) is 3.88. The molecule has 0 spiro atoms. The number of aromatic nitrogens is 1. The van der Waals surface area contributed by atoms with Crippen molar-refractivity contribution in [2.75, 3.05) is 13.1 Å². The number of nitrogens with zero attached hydrogens (tertiary/aromatic N) is 2. The summed E-state index contributed by atoms with van der Waals surface area (Å²) < 4.78 is 0. The number of rotatable bonds is 6. The Morgan fingerprint density at radius 3 is 2.95 bits per heavy atom. The van der Waals surface area contributed by atoms with E-state index in [1.807, 2.05) is 0 Å². The van der Waals surface area contributed by atoms with Gasteiger partial charge in [-0.3, -0.25) is 0 Å². The zero-order chi connectivity index (χ0) is 13.7. The lowest BCUT2D eigenvalue weighted by Crippen LogP contribution is -2.41. The first kappa shape index (κ1) is 15.3. The summed E-state index contributed by atoms with van der Waals surface area (Å²) in [5.41, 5.74) is 1.03. The lowest BCUT2D eigenvalue weighted by Gasteiger charge is -2.36. The monoisotopic (exact) mass is 300 g/mol. The van der Waals surface area contributed by atoms with Gasteiger partial charge in [0.15, 0.2) is 0 Å². The number of alkyl halides is 1. The van der Waals surface area contributed by atoms with Crippen LogP contribution < -0.4 is 0 Å². The van der Waals surface area contributed by atoms with Crippen molar-refractivity contribution in [3.05, 3.63) is 16.1 Å². The Kier molecular flexibility index (Phi) is 6.11. The maximum Gasteiger partial charge on any atom is 0.0928 e. The molecule has 4 heteroatoms. The van der Waals surface area contributed by atoms with Crippen LogP contribution in [0.2, 0.25) is 0 Å². The van der Waals surface area contributed by atoms with Gasteiger partial charge in [-0.15, -0.1) is 22.9 Å². The molecule has 2 unspecified atom stereocenters. The second-order valence-corrected chi connectivity index (χ2v) is 7.06. The van der Waals surface area contributed by atoms with Crippen LogP contribution in [0.4, 0.5) is 0 Å². The molecule has 0 aromatic carbocycles. The van der Waals surface area contributed by atoms with Gasteiger partial charge in [-0.05, 0) is 51.5 Å². The minimum absolute atomic E-state index is 0.541. The number of aryl methyl sites for hydroxylation is 1. The lowest BCUT2D eigenvalue weighted by molar-refractivity contribution is 0.123. The summed E-state index contributed by atoms with van der Waals surface area (Å²) in [5.74, 6) is 1.42. The van der Waals surface area contributed by atoms with Crippen molar-refractivity contribution < 1.29 is 0 Å². The summed E-state index contributed by atoms with van der Waals surface area (Å²) in [6.07, 6.45) is 6.41. The first-order chi connectivity index (χ1) is 9.19. The third-order valence-corrected chi connectivity index (χ3v) is 5.30. The summed E-state index contributed by atoms with van der Waals surface area (Å²) in [5, 5.41) is 3.33. The van der Waals surface area contributed by atoms with E-state index < -0.39 is 0 Å². The predicted molar refractivity (Wildman–Crippen MR) is 84.0 cm³/mol. The molecule has 1 aliphatic rings. The second kappa shape index (κ2) is 7.61. The molecule has 0 aliphatic carbocycles. The summed E-state index contributed by atoms with van der Waals surface area (Å²) >= 11 is 7.52. The molecule has 0 bridgehead atoms. The maximum absolute atomic E-state index is 5.77. The predicted octanol–water partition coefficient (Wildman–Crippen LogP) is 4.33. The lowest BCUT2D eigenvalue weighted by atomic mass is 9.95. The molecule has 2 atom stereocenters. The molecular formula is C15H25ClN2S. The fraction of sp³-hybridized carbons (Fsp3) is 0.800. The van der Waals surface area contributed by atoms with Gasteiger partial charge in [-0.1, -0.05) is 6.92 Å². The molecule has 108 valence electrons. The third-order valence-electron chi connectivity index (χ3n) is 4.07. The highest BCUT2D eigenvalue weighted by atomic mass is 35.5. The van der Waals surface area contributed by atoms with Gasteiger partial charge in [0.2, 0.25) is 0 Å². The van der Waals surface area contributed by atoms with Crippen LogP contribution in [0.3, 0.4) is 0 Å². The van der Waals surface area contributed by atoms with Crippen molar-refractivity contribution in [3.8, 4) is 0 Å². The molecule has 1 aromatic heterocycles. The topological polar surface area (TPSA) is 16.1 Å². The maximum atomic E-state index is 5.77. The van der Waals surface area contributed by atoms with Crippen LogP contribution in [0.15, 0.2) is 5.38 Å². The Morgan fingerprint density at radius 2 is 2.21 bits per heavy atom. The van der Waals surface area contributed by atoms with Crippen LogP contribution in [0, 0.1) is 5.92 Å². The highest BCUT2D eigenvalue weighted by molar-refractivity contribution is 7.09. The van der Waals surface area contributed by atoms with E-state index in [-0.39, 0.29) is 0 Å². The highest BCUT2D eigenvalue weighted by Crippen LogP contribution is 2.22. The van der Waals surface area contributed by atoms with Crippen molar-refractivity contribution in [2.24, 2.45) is 5.92 Å². The largest absolute Gasteiger partial charge is 0.300 e. The molecule has 0 saturated carbocycles. The molecule has 19 heavy (non-hydrogen) atoms. The van der Waals surface area contributed by atoms with Gasteiger partial charge < -0.3 is 4.90 Å². The molecule has 1 aliphatic heterocycles. The average molecular weight is 301 g/mol. The number of thiazole rings is 1. The van der Waals surface area contributed by atoms with Gasteiger partial charge in [0, 0.05) is 18.0 Å². The Bertz CT molecular complexity index is 380. The minimum atomic E-state index is 0.541. The van der Waals surface area contributed by atoms with Gasteiger partial charge in [0.05, 0.1) is 16.6 Å². The highest BCUT2D eigenvalue weighted by Gasteiger charge is 2.21. The molecule has 2 rings (SSSR count). The third kappa shape index (κ3) is 4.73. The minimum Gasteiger partial charge on any atom is -0.300 e. The SMILES string of the molecule is CC1CCC(C)N(CCCCc2nc(CCl)cs2)C1. The van der Waals surface area contributed by atoms with E-state index in [9.17, 15) is 0 Å². The van der Waals surface area contributed by atoms with Crippen molar-refractivity contribution in [2.45, 2.75) is 57.9 Å². The molecule has 1 saturated heterocycles. The van der Waals surface area contributed by atoms with E-state index in [0.29, 0.717) is 5.88 Å². The molecule has 0 radical (unpaired) electrons. The number of hydrogen-bond acceptors (Lipinski definition) is 3. The van der Waals surface area contributed by atoms with E-state index in [1.54, 1.807) is 11.3 Å². The number of halogens is 1. The summed E-state index contributed by atoms with van der Waals surface area (Å²) in [6.45, 7) is 7.29. The van der Waals surface area contributed by atoms with Crippen LogP contribution in [-0.2, 0) is 12.3 Å². The van der Waals surface area contributed by atoms with E-state index in [2.05, 4.69) is 29.1 Å². The molecule has 0 N–H and O–H groups in total. The molecular weight excluding hydrogens is 276 g/mol. The molecule has 2 heterocycles. The van der Waals surface area contributed by atoms with Crippen molar-refractivity contribution in [1.82, 2.24) is 9.88 Å². The number of piperidine rings is 1.